The predicted molar refractivity (Wildman–Crippen MR) is 56.9 cm³/mol. The summed E-state index contributed by atoms with van der Waals surface area (Å²) in [4.78, 5) is 8.15. The van der Waals surface area contributed by atoms with Crippen molar-refractivity contribution in [3.05, 3.63) is 48.0 Å². The molecule has 0 spiro atoms. The zero-order valence-electron chi connectivity index (χ0n) is 8.31. The zero-order valence-corrected chi connectivity index (χ0v) is 8.31. The van der Waals surface area contributed by atoms with Gasteiger partial charge in [-0.3, -0.25) is 4.98 Å². The first-order chi connectivity index (χ1) is 7.29. The number of aromatic nitrogens is 2. The van der Waals surface area contributed by atoms with Crippen LogP contribution in [-0.2, 0) is 0 Å². The van der Waals surface area contributed by atoms with Crippen LogP contribution < -0.4 is 0 Å². The lowest BCUT2D eigenvalue weighted by Gasteiger charge is -2.01. The molecule has 2 heterocycles. The van der Waals surface area contributed by atoms with E-state index in [1.54, 1.807) is 18.5 Å². The van der Waals surface area contributed by atoms with Crippen LogP contribution in [0.15, 0.2) is 36.7 Å². The molecule has 0 saturated carbocycles. The smallest absolute Gasteiger partial charge is 0.140 e. The van der Waals surface area contributed by atoms with Crippen molar-refractivity contribution in [2.75, 3.05) is 0 Å². The Hall–Kier alpha value is -2.21. The van der Waals surface area contributed by atoms with Crippen LogP contribution >= 0.6 is 0 Å². The summed E-state index contributed by atoms with van der Waals surface area (Å²) in [5.74, 6) is 0. The molecule has 0 fully saturated rings. The largest absolute Gasteiger partial charge is 0.262 e. The van der Waals surface area contributed by atoms with Gasteiger partial charge >= 0.3 is 0 Å². The number of rotatable bonds is 1. The molecule has 0 aliphatic heterocycles. The van der Waals surface area contributed by atoms with Gasteiger partial charge in [-0.1, -0.05) is 0 Å². The first-order valence-electron chi connectivity index (χ1n) is 4.59. The molecule has 0 aromatic carbocycles. The average Bonchev–Trinajstić information content (AvgIpc) is 2.29. The summed E-state index contributed by atoms with van der Waals surface area (Å²) in [7, 11) is 0. The molecule has 0 saturated heterocycles. The van der Waals surface area contributed by atoms with Crippen molar-refractivity contribution >= 4 is 0 Å². The Morgan fingerprint density at radius 3 is 2.60 bits per heavy atom. The minimum atomic E-state index is 0.435. The SMILES string of the molecule is Cc1cc(-c2ccc(C#N)nc2)ccn1. The topological polar surface area (TPSA) is 49.6 Å². The first-order valence-corrected chi connectivity index (χ1v) is 4.59. The molecule has 2 aromatic rings. The fourth-order valence-corrected chi connectivity index (χ4v) is 1.36. The minimum Gasteiger partial charge on any atom is -0.262 e. The average molecular weight is 195 g/mol. The zero-order chi connectivity index (χ0) is 10.7. The molecule has 72 valence electrons. The highest BCUT2D eigenvalue weighted by molar-refractivity contribution is 5.62. The molecule has 0 aliphatic carbocycles. The maximum Gasteiger partial charge on any atom is 0.140 e. The molecule has 0 aliphatic rings. The third-order valence-corrected chi connectivity index (χ3v) is 2.11. The maximum atomic E-state index is 8.62. The van der Waals surface area contributed by atoms with E-state index in [0.717, 1.165) is 16.8 Å². The highest BCUT2D eigenvalue weighted by atomic mass is 14.7. The Bertz CT molecular complexity index is 509. The number of nitriles is 1. The van der Waals surface area contributed by atoms with Gasteiger partial charge in [0.25, 0.3) is 0 Å². The Labute approximate surface area is 88.1 Å². The van der Waals surface area contributed by atoms with Crippen LogP contribution in [0.25, 0.3) is 11.1 Å². The first kappa shape index (κ1) is 9.35. The normalized spacial score (nSPS) is 9.60. The van der Waals surface area contributed by atoms with Gasteiger partial charge in [0.1, 0.15) is 11.8 Å². The quantitative estimate of drug-likeness (QED) is 0.701. The summed E-state index contributed by atoms with van der Waals surface area (Å²) >= 11 is 0. The molecular weight excluding hydrogens is 186 g/mol. The molecule has 15 heavy (non-hydrogen) atoms. The molecular formula is C12H9N3. The lowest BCUT2D eigenvalue weighted by Crippen LogP contribution is -1.86. The molecule has 0 bridgehead atoms. The van der Waals surface area contributed by atoms with E-state index in [2.05, 4.69) is 9.97 Å². The lowest BCUT2D eigenvalue weighted by atomic mass is 10.1. The second-order valence-electron chi connectivity index (χ2n) is 3.23. The van der Waals surface area contributed by atoms with E-state index in [1.807, 2.05) is 31.2 Å². The number of pyridine rings is 2. The number of nitrogens with zero attached hydrogens (tertiary/aromatic N) is 3. The van der Waals surface area contributed by atoms with Crippen LogP contribution in [0.2, 0.25) is 0 Å². The molecule has 0 unspecified atom stereocenters. The van der Waals surface area contributed by atoms with E-state index >= 15 is 0 Å². The Morgan fingerprint density at radius 2 is 2.00 bits per heavy atom. The van der Waals surface area contributed by atoms with Gasteiger partial charge in [-0.25, -0.2) is 4.98 Å². The second kappa shape index (κ2) is 3.89. The van der Waals surface area contributed by atoms with E-state index < -0.39 is 0 Å². The summed E-state index contributed by atoms with van der Waals surface area (Å²) in [6.07, 6.45) is 3.47. The highest BCUT2D eigenvalue weighted by Gasteiger charge is 1.99. The van der Waals surface area contributed by atoms with Crippen LogP contribution in [0.1, 0.15) is 11.4 Å². The molecule has 0 N–H and O–H groups in total. The minimum absolute atomic E-state index is 0.435. The third kappa shape index (κ3) is 2.00. The number of aryl methyl sites for hydroxylation is 1. The van der Waals surface area contributed by atoms with E-state index in [-0.39, 0.29) is 0 Å². The van der Waals surface area contributed by atoms with Crippen LogP contribution in [0.4, 0.5) is 0 Å². The standard InChI is InChI=1S/C12H9N3/c1-9-6-10(4-5-14-9)11-2-3-12(7-13)15-8-11/h2-6,8H,1H3. The highest BCUT2D eigenvalue weighted by Crippen LogP contribution is 2.18. The molecule has 3 heteroatoms. The lowest BCUT2D eigenvalue weighted by molar-refractivity contribution is 1.20. The van der Waals surface area contributed by atoms with Gasteiger partial charge in [0.15, 0.2) is 0 Å². The van der Waals surface area contributed by atoms with Crippen LogP contribution in [0.3, 0.4) is 0 Å². The molecule has 0 radical (unpaired) electrons. The monoisotopic (exact) mass is 195 g/mol. The fourth-order valence-electron chi connectivity index (χ4n) is 1.36. The van der Waals surface area contributed by atoms with Crippen LogP contribution in [0.5, 0.6) is 0 Å². The molecule has 2 aromatic heterocycles. The molecule has 0 atom stereocenters. The molecule has 0 amide bonds. The van der Waals surface area contributed by atoms with Crippen molar-refractivity contribution < 1.29 is 0 Å². The summed E-state index contributed by atoms with van der Waals surface area (Å²) < 4.78 is 0. The van der Waals surface area contributed by atoms with Gasteiger partial charge in [-0.05, 0) is 36.8 Å². The summed E-state index contributed by atoms with van der Waals surface area (Å²) in [5.41, 5.74) is 3.47. The van der Waals surface area contributed by atoms with Crippen LogP contribution in [-0.4, -0.2) is 9.97 Å². The van der Waals surface area contributed by atoms with Gasteiger partial charge in [-0.2, -0.15) is 5.26 Å². The Kier molecular flexibility index (Phi) is 2.42. The third-order valence-electron chi connectivity index (χ3n) is 2.11. The van der Waals surface area contributed by atoms with E-state index in [9.17, 15) is 0 Å². The number of hydrogen-bond donors (Lipinski definition) is 0. The summed E-state index contributed by atoms with van der Waals surface area (Å²) in [6, 6.07) is 9.51. The van der Waals surface area contributed by atoms with Gasteiger partial charge in [0.05, 0.1) is 0 Å². The second-order valence-corrected chi connectivity index (χ2v) is 3.23. The van der Waals surface area contributed by atoms with E-state index in [0.29, 0.717) is 5.69 Å². The van der Waals surface area contributed by atoms with Gasteiger partial charge in [0.2, 0.25) is 0 Å². The van der Waals surface area contributed by atoms with Gasteiger partial charge < -0.3 is 0 Å². The Balaban J connectivity index is 2.42. The summed E-state index contributed by atoms with van der Waals surface area (Å²) in [6.45, 7) is 1.95. The van der Waals surface area contributed by atoms with E-state index in [1.165, 1.54) is 0 Å². The van der Waals surface area contributed by atoms with Crippen molar-refractivity contribution in [1.29, 1.82) is 5.26 Å². The molecule has 2 rings (SSSR count). The van der Waals surface area contributed by atoms with Crippen molar-refractivity contribution in [2.24, 2.45) is 0 Å². The van der Waals surface area contributed by atoms with Crippen molar-refractivity contribution in [1.82, 2.24) is 9.97 Å². The number of hydrogen-bond acceptors (Lipinski definition) is 3. The van der Waals surface area contributed by atoms with Crippen molar-refractivity contribution in [3.63, 3.8) is 0 Å². The predicted octanol–water partition coefficient (Wildman–Crippen LogP) is 2.32. The molecule has 3 nitrogen and oxygen atoms in total. The van der Waals surface area contributed by atoms with Crippen molar-refractivity contribution in [2.45, 2.75) is 6.92 Å². The van der Waals surface area contributed by atoms with Gasteiger partial charge in [-0.15, -0.1) is 0 Å². The fraction of sp³-hybridized carbons (Fsp3) is 0.0833. The maximum absolute atomic E-state index is 8.62. The van der Waals surface area contributed by atoms with Crippen molar-refractivity contribution in [3.8, 4) is 17.2 Å². The summed E-state index contributed by atoms with van der Waals surface area (Å²) in [5, 5.41) is 8.62. The van der Waals surface area contributed by atoms with Crippen LogP contribution in [0, 0.1) is 18.3 Å². The Morgan fingerprint density at radius 1 is 1.13 bits per heavy atom. The van der Waals surface area contributed by atoms with E-state index in [4.69, 9.17) is 5.26 Å². The van der Waals surface area contributed by atoms with Gasteiger partial charge in [0, 0.05) is 23.7 Å².